The summed E-state index contributed by atoms with van der Waals surface area (Å²) >= 11 is 3.43. The maximum Gasteiger partial charge on any atom is 0.0175 e. The fraction of sp³-hybridized carbons (Fsp3) is 0.0769. The van der Waals surface area contributed by atoms with Crippen molar-refractivity contribution >= 4 is 15.9 Å². The fourth-order valence-electron chi connectivity index (χ4n) is 1.38. The van der Waals surface area contributed by atoms with Gasteiger partial charge in [-0.1, -0.05) is 52.3 Å². The van der Waals surface area contributed by atoms with E-state index in [1.165, 1.54) is 11.1 Å². The largest absolute Gasteiger partial charge is 0.0581 e. The molecule has 69 valence electrons. The maximum absolute atomic E-state index is 3.43. The molecule has 0 heterocycles. The van der Waals surface area contributed by atoms with Crippen molar-refractivity contribution in [3.8, 4) is 0 Å². The van der Waals surface area contributed by atoms with Crippen LogP contribution in [-0.4, -0.2) is 0 Å². The van der Waals surface area contributed by atoms with Crippen molar-refractivity contribution < 1.29 is 0 Å². The summed E-state index contributed by atoms with van der Waals surface area (Å²) in [6.45, 7) is 0. The van der Waals surface area contributed by atoms with E-state index in [1.807, 2.05) is 12.1 Å². The highest BCUT2D eigenvalue weighted by molar-refractivity contribution is 9.10. The van der Waals surface area contributed by atoms with Gasteiger partial charge in [-0.15, -0.1) is 0 Å². The van der Waals surface area contributed by atoms with Gasteiger partial charge in [-0.3, -0.25) is 0 Å². The quantitative estimate of drug-likeness (QED) is 0.755. The van der Waals surface area contributed by atoms with Crippen LogP contribution in [0.15, 0.2) is 53.0 Å². The van der Waals surface area contributed by atoms with Crippen LogP contribution >= 0.6 is 15.9 Å². The van der Waals surface area contributed by atoms with E-state index >= 15 is 0 Å². The summed E-state index contributed by atoms with van der Waals surface area (Å²) in [7, 11) is 0. The monoisotopic (exact) mass is 245 g/mol. The van der Waals surface area contributed by atoms with Gasteiger partial charge in [0.2, 0.25) is 0 Å². The van der Waals surface area contributed by atoms with Crippen LogP contribution in [0.1, 0.15) is 11.1 Å². The molecule has 2 aromatic carbocycles. The fourth-order valence-corrected chi connectivity index (χ4v) is 1.64. The van der Waals surface area contributed by atoms with Crippen molar-refractivity contribution in [3.63, 3.8) is 0 Å². The SMILES string of the molecule is Brc1ccc(Cc2cc[c]cc2)cc1. The van der Waals surface area contributed by atoms with E-state index < -0.39 is 0 Å². The summed E-state index contributed by atoms with van der Waals surface area (Å²) in [5.41, 5.74) is 2.66. The number of hydrogen-bond acceptors (Lipinski definition) is 0. The highest BCUT2D eigenvalue weighted by Gasteiger charge is 1.94. The number of rotatable bonds is 2. The molecule has 0 aliphatic rings. The minimum atomic E-state index is 0.988. The predicted molar refractivity (Wildman–Crippen MR) is 62.2 cm³/mol. The number of halogens is 1. The van der Waals surface area contributed by atoms with E-state index in [-0.39, 0.29) is 0 Å². The zero-order valence-corrected chi connectivity index (χ0v) is 9.29. The minimum Gasteiger partial charge on any atom is -0.0581 e. The zero-order chi connectivity index (χ0) is 9.80. The van der Waals surface area contributed by atoms with E-state index in [4.69, 9.17) is 0 Å². The Balaban J connectivity index is 2.16. The van der Waals surface area contributed by atoms with Gasteiger partial charge >= 0.3 is 0 Å². The molecule has 0 fully saturated rings. The van der Waals surface area contributed by atoms with E-state index in [0.717, 1.165) is 10.9 Å². The molecular weight excluding hydrogens is 236 g/mol. The Morgan fingerprint density at radius 3 is 2.07 bits per heavy atom. The summed E-state index contributed by atoms with van der Waals surface area (Å²) in [4.78, 5) is 0. The zero-order valence-electron chi connectivity index (χ0n) is 7.70. The predicted octanol–water partition coefficient (Wildman–Crippen LogP) is 3.84. The molecule has 0 aliphatic carbocycles. The van der Waals surface area contributed by atoms with Crippen LogP contribution in [0, 0.1) is 6.07 Å². The third-order valence-electron chi connectivity index (χ3n) is 2.11. The normalized spacial score (nSPS) is 10.1. The van der Waals surface area contributed by atoms with Gasteiger partial charge in [-0.2, -0.15) is 0 Å². The Kier molecular flexibility index (Phi) is 3.00. The molecule has 0 nitrogen and oxygen atoms in total. The van der Waals surface area contributed by atoms with Crippen LogP contribution < -0.4 is 0 Å². The molecule has 0 spiro atoms. The third kappa shape index (κ3) is 2.46. The molecule has 1 radical (unpaired) electrons. The minimum absolute atomic E-state index is 0.988. The van der Waals surface area contributed by atoms with Crippen molar-refractivity contribution in [1.82, 2.24) is 0 Å². The molecule has 14 heavy (non-hydrogen) atoms. The molecule has 2 rings (SSSR count). The Labute approximate surface area is 92.7 Å². The second kappa shape index (κ2) is 4.43. The van der Waals surface area contributed by atoms with Gasteiger partial charge < -0.3 is 0 Å². The van der Waals surface area contributed by atoms with Crippen LogP contribution in [0.5, 0.6) is 0 Å². The van der Waals surface area contributed by atoms with E-state index in [1.54, 1.807) is 0 Å². The van der Waals surface area contributed by atoms with Gasteiger partial charge in [0.25, 0.3) is 0 Å². The molecular formula is C13H10Br. The van der Waals surface area contributed by atoms with Gasteiger partial charge in [-0.05, 0) is 35.7 Å². The van der Waals surface area contributed by atoms with Gasteiger partial charge in [0.15, 0.2) is 0 Å². The first kappa shape index (κ1) is 9.47. The van der Waals surface area contributed by atoms with E-state index in [0.29, 0.717) is 0 Å². The summed E-state index contributed by atoms with van der Waals surface area (Å²) in [6, 6.07) is 19.6. The van der Waals surface area contributed by atoms with Crippen molar-refractivity contribution in [1.29, 1.82) is 0 Å². The summed E-state index contributed by atoms with van der Waals surface area (Å²) in [5.74, 6) is 0. The van der Waals surface area contributed by atoms with Crippen molar-refractivity contribution in [2.24, 2.45) is 0 Å². The Hall–Kier alpha value is -1.08. The average Bonchev–Trinajstić information content (AvgIpc) is 2.23. The Morgan fingerprint density at radius 2 is 1.43 bits per heavy atom. The van der Waals surface area contributed by atoms with Crippen LogP contribution in [0.25, 0.3) is 0 Å². The Morgan fingerprint density at radius 1 is 0.857 bits per heavy atom. The van der Waals surface area contributed by atoms with Crippen molar-refractivity contribution in [3.05, 3.63) is 70.2 Å². The third-order valence-corrected chi connectivity index (χ3v) is 2.64. The van der Waals surface area contributed by atoms with Gasteiger partial charge in [0.05, 0.1) is 0 Å². The lowest BCUT2D eigenvalue weighted by atomic mass is 10.1. The lowest BCUT2D eigenvalue weighted by Gasteiger charge is -2.01. The van der Waals surface area contributed by atoms with Crippen molar-refractivity contribution in [2.45, 2.75) is 6.42 Å². The van der Waals surface area contributed by atoms with Crippen molar-refractivity contribution in [2.75, 3.05) is 0 Å². The lowest BCUT2D eigenvalue weighted by molar-refractivity contribution is 1.19. The summed E-state index contributed by atoms with van der Waals surface area (Å²) in [5, 5.41) is 0. The Bertz CT molecular complexity index is 389. The number of hydrogen-bond donors (Lipinski definition) is 0. The molecule has 0 N–H and O–H groups in total. The molecule has 0 bridgehead atoms. The van der Waals surface area contributed by atoms with E-state index in [2.05, 4.69) is 58.4 Å². The highest BCUT2D eigenvalue weighted by Crippen LogP contribution is 2.13. The molecule has 2 aromatic rings. The maximum atomic E-state index is 3.43. The molecule has 0 aliphatic heterocycles. The second-order valence-corrected chi connectivity index (χ2v) is 4.13. The van der Waals surface area contributed by atoms with E-state index in [9.17, 15) is 0 Å². The van der Waals surface area contributed by atoms with Gasteiger partial charge in [0, 0.05) is 4.47 Å². The second-order valence-electron chi connectivity index (χ2n) is 3.21. The van der Waals surface area contributed by atoms with Gasteiger partial charge in [0.1, 0.15) is 0 Å². The molecule has 0 unspecified atom stereocenters. The van der Waals surface area contributed by atoms with Crippen LogP contribution in [0.3, 0.4) is 0 Å². The van der Waals surface area contributed by atoms with Gasteiger partial charge in [-0.25, -0.2) is 0 Å². The molecule has 0 aromatic heterocycles. The molecule has 1 heteroatoms. The summed E-state index contributed by atoms with van der Waals surface area (Å²) < 4.78 is 1.13. The molecule has 0 amide bonds. The molecule has 0 atom stereocenters. The smallest absolute Gasteiger partial charge is 0.0175 e. The molecule has 0 saturated carbocycles. The lowest BCUT2D eigenvalue weighted by Crippen LogP contribution is -1.86. The first-order chi connectivity index (χ1) is 6.84. The topological polar surface area (TPSA) is 0 Å². The number of benzene rings is 2. The van der Waals surface area contributed by atoms with Crippen LogP contribution in [-0.2, 0) is 6.42 Å². The first-order valence-electron chi connectivity index (χ1n) is 4.54. The molecule has 0 saturated heterocycles. The first-order valence-corrected chi connectivity index (χ1v) is 5.33. The summed E-state index contributed by atoms with van der Waals surface area (Å²) in [6.07, 6.45) is 0.988. The highest BCUT2D eigenvalue weighted by atomic mass is 79.9. The van der Waals surface area contributed by atoms with Crippen LogP contribution in [0.4, 0.5) is 0 Å². The standard InChI is InChI=1S/C13H10Br/c14-13-8-6-12(7-9-13)10-11-4-2-1-3-5-11/h2-9H,10H2. The average molecular weight is 246 g/mol. The van der Waals surface area contributed by atoms with Crippen LogP contribution in [0.2, 0.25) is 0 Å².